The van der Waals surface area contributed by atoms with Gasteiger partial charge in [-0.05, 0) is 24.3 Å². The fourth-order valence-electron chi connectivity index (χ4n) is 2.24. The van der Waals surface area contributed by atoms with Gasteiger partial charge in [-0.25, -0.2) is 9.18 Å². The third-order valence-electron chi connectivity index (χ3n) is 3.55. The van der Waals surface area contributed by atoms with Gasteiger partial charge in [-0.2, -0.15) is 0 Å². The van der Waals surface area contributed by atoms with Crippen LogP contribution in [0.4, 0.5) is 4.39 Å². The average molecular weight is 374 g/mol. The molecule has 2 N–H and O–H groups in total. The summed E-state index contributed by atoms with van der Waals surface area (Å²) >= 11 is 0. The first kappa shape index (κ1) is 18.2. The van der Waals surface area contributed by atoms with Crippen molar-refractivity contribution in [2.75, 3.05) is 13.2 Å². The van der Waals surface area contributed by atoms with E-state index in [4.69, 9.17) is 14.2 Å². The lowest BCUT2D eigenvalue weighted by molar-refractivity contribution is -0.157. The molecular weight excluding hydrogens is 359 g/mol. The van der Waals surface area contributed by atoms with E-state index in [1.54, 1.807) is 24.3 Å². The maximum Gasteiger partial charge on any atom is 0.351 e. The smallest absolute Gasteiger partial charge is 0.351 e. The minimum absolute atomic E-state index is 0.0541. The number of carbonyl (C=O) groups excluding carboxylic acids is 3. The van der Waals surface area contributed by atoms with E-state index in [1.165, 1.54) is 18.2 Å². The van der Waals surface area contributed by atoms with Crippen molar-refractivity contribution >= 4 is 17.8 Å². The fourth-order valence-corrected chi connectivity index (χ4v) is 2.24. The summed E-state index contributed by atoms with van der Waals surface area (Å²) in [6.07, 6.45) is -1.01. The van der Waals surface area contributed by atoms with Crippen molar-refractivity contribution in [3.63, 3.8) is 0 Å². The van der Waals surface area contributed by atoms with Crippen LogP contribution >= 0.6 is 0 Å². The molecule has 2 amide bonds. The van der Waals surface area contributed by atoms with Gasteiger partial charge in [0.15, 0.2) is 18.1 Å². The van der Waals surface area contributed by atoms with Gasteiger partial charge in [-0.3, -0.25) is 20.4 Å². The lowest BCUT2D eigenvalue weighted by Gasteiger charge is -2.24. The zero-order valence-electron chi connectivity index (χ0n) is 13.9. The average Bonchev–Trinajstić information content (AvgIpc) is 2.70. The van der Waals surface area contributed by atoms with Crippen LogP contribution in [0.5, 0.6) is 11.5 Å². The van der Waals surface area contributed by atoms with E-state index in [1.807, 2.05) is 10.9 Å². The Labute approximate surface area is 153 Å². The molecule has 0 spiro atoms. The van der Waals surface area contributed by atoms with E-state index in [9.17, 15) is 18.8 Å². The van der Waals surface area contributed by atoms with Gasteiger partial charge < -0.3 is 14.2 Å². The van der Waals surface area contributed by atoms with E-state index in [2.05, 4.69) is 0 Å². The molecule has 0 fully saturated rings. The Morgan fingerprint density at radius 1 is 1.04 bits per heavy atom. The van der Waals surface area contributed by atoms with Gasteiger partial charge in [0.05, 0.1) is 5.56 Å². The van der Waals surface area contributed by atoms with Crippen molar-refractivity contribution in [1.29, 1.82) is 0 Å². The number of nitrogens with one attached hydrogen (secondary N) is 2. The largest absolute Gasteiger partial charge is 0.485 e. The molecule has 0 saturated heterocycles. The van der Waals surface area contributed by atoms with Gasteiger partial charge >= 0.3 is 5.97 Å². The van der Waals surface area contributed by atoms with Crippen molar-refractivity contribution in [1.82, 2.24) is 10.9 Å². The Kier molecular flexibility index (Phi) is 5.50. The maximum absolute atomic E-state index is 13.5. The Morgan fingerprint density at radius 2 is 1.74 bits per heavy atom. The number of rotatable bonds is 4. The molecule has 1 atom stereocenters. The molecule has 2 aromatic carbocycles. The summed E-state index contributed by atoms with van der Waals surface area (Å²) in [5, 5.41) is 0. The molecule has 8 nitrogen and oxygen atoms in total. The Balaban J connectivity index is 1.43. The molecule has 1 aliphatic heterocycles. The number of para-hydroxylation sites is 2. The van der Waals surface area contributed by atoms with E-state index < -0.39 is 36.3 Å². The topological polar surface area (TPSA) is 103 Å². The number of hydrazine groups is 1. The lowest BCUT2D eigenvalue weighted by atomic mass is 10.2. The lowest BCUT2D eigenvalue weighted by Crippen LogP contribution is -2.45. The highest BCUT2D eigenvalue weighted by atomic mass is 19.1. The third kappa shape index (κ3) is 4.51. The standard InChI is InChI=1S/C18H15FN2O6/c19-12-6-2-1-5-11(12)17(23)21-20-16(22)10-26-18(24)15-9-25-13-7-3-4-8-14(13)27-15/h1-8,15H,9-10H2,(H,20,22)(H,21,23)/t15-/m1/s1. The molecular formula is C18H15FN2O6. The number of benzene rings is 2. The van der Waals surface area contributed by atoms with Crippen LogP contribution in [0.2, 0.25) is 0 Å². The van der Waals surface area contributed by atoms with Crippen molar-refractivity contribution in [3.05, 3.63) is 59.9 Å². The van der Waals surface area contributed by atoms with Crippen LogP contribution in [-0.2, 0) is 14.3 Å². The van der Waals surface area contributed by atoms with Crippen molar-refractivity contribution in [2.45, 2.75) is 6.10 Å². The van der Waals surface area contributed by atoms with Crippen LogP contribution in [0.3, 0.4) is 0 Å². The first-order valence-corrected chi connectivity index (χ1v) is 7.93. The zero-order valence-corrected chi connectivity index (χ0v) is 13.9. The summed E-state index contributed by atoms with van der Waals surface area (Å²) < 4.78 is 29.1. The van der Waals surface area contributed by atoms with Gasteiger partial charge in [0, 0.05) is 0 Å². The second-order valence-corrected chi connectivity index (χ2v) is 5.45. The zero-order chi connectivity index (χ0) is 19.2. The van der Waals surface area contributed by atoms with Crippen molar-refractivity contribution < 1.29 is 33.0 Å². The van der Waals surface area contributed by atoms with E-state index in [0.717, 1.165) is 6.07 Å². The summed E-state index contributed by atoms with van der Waals surface area (Å²) in [6, 6.07) is 12.1. The quantitative estimate of drug-likeness (QED) is 0.611. The molecule has 140 valence electrons. The summed E-state index contributed by atoms with van der Waals surface area (Å²) in [6.45, 7) is -0.709. The van der Waals surface area contributed by atoms with Gasteiger partial charge in [-0.15, -0.1) is 0 Å². The number of carbonyl (C=O) groups is 3. The number of ether oxygens (including phenoxy) is 3. The fraction of sp³-hybridized carbons (Fsp3) is 0.167. The molecule has 0 radical (unpaired) electrons. The number of fused-ring (bicyclic) bond motifs is 1. The second kappa shape index (κ2) is 8.17. The van der Waals surface area contributed by atoms with Crippen molar-refractivity contribution in [3.8, 4) is 11.5 Å². The Bertz CT molecular complexity index is 872. The highest BCUT2D eigenvalue weighted by molar-refractivity contribution is 5.95. The van der Waals surface area contributed by atoms with Crippen LogP contribution in [0, 0.1) is 5.82 Å². The van der Waals surface area contributed by atoms with Gasteiger partial charge in [0.25, 0.3) is 11.8 Å². The van der Waals surface area contributed by atoms with Gasteiger partial charge in [0.1, 0.15) is 12.4 Å². The van der Waals surface area contributed by atoms with E-state index >= 15 is 0 Å². The summed E-state index contributed by atoms with van der Waals surface area (Å²) in [5.41, 5.74) is 3.82. The number of hydrogen-bond acceptors (Lipinski definition) is 6. The molecule has 0 aromatic heterocycles. The van der Waals surface area contributed by atoms with E-state index in [-0.39, 0.29) is 12.2 Å². The number of halogens is 1. The van der Waals surface area contributed by atoms with E-state index in [0.29, 0.717) is 11.5 Å². The summed E-state index contributed by atoms with van der Waals surface area (Å²) in [5.74, 6) is -2.26. The highest BCUT2D eigenvalue weighted by Gasteiger charge is 2.29. The first-order chi connectivity index (χ1) is 13.0. The molecule has 0 bridgehead atoms. The first-order valence-electron chi connectivity index (χ1n) is 7.93. The molecule has 2 aromatic rings. The predicted molar refractivity (Wildman–Crippen MR) is 89.3 cm³/mol. The Hall–Kier alpha value is -3.62. The molecule has 1 aliphatic rings. The summed E-state index contributed by atoms with van der Waals surface area (Å²) in [7, 11) is 0. The second-order valence-electron chi connectivity index (χ2n) is 5.45. The van der Waals surface area contributed by atoms with Gasteiger partial charge in [-0.1, -0.05) is 24.3 Å². The van der Waals surface area contributed by atoms with Crippen LogP contribution in [0.25, 0.3) is 0 Å². The van der Waals surface area contributed by atoms with Crippen LogP contribution < -0.4 is 20.3 Å². The minimum atomic E-state index is -1.01. The molecule has 9 heteroatoms. The van der Waals surface area contributed by atoms with Crippen LogP contribution in [0.15, 0.2) is 48.5 Å². The SMILES string of the molecule is O=C(COC(=O)[C@H]1COc2ccccc2O1)NNC(=O)c1ccccc1F. The van der Waals surface area contributed by atoms with Crippen LogP contribution in [-0.4, -0.2) is 37.1 Å². The molecule has 0 aliphatic carbocycles. The predicted octanol–water partition coefficient (Wildman–Crippen LogP) is 0.970. The Morgan fingerprint density at radius 3 is 2.52 bits per heavy atom. The molecule has 3 rings (SSSR count). The third-order valence-corrected chi connectivity index (χ3v) is 3.55. The maximum atomic E-state index is 13.5. The minimum Gasteiger partial charge on any atom is -0.485 e. The number of hydrogen-bond donors (Lipinski definition) is 2. The highest BCUT2D eigenvalue weighted by Crippen LogP contribution is 2.31. The number of esters is 1. The monoisotopic (exact) mass is 374 g/mol. The molecule has 1 heterocycles. The number of amides is 2. The van der Waals surface area contributed by atoms with Crippen LogP contribution in [0.1, 0.15) is 10.4 Å². The molecule has 0 unspecified atom stereocenters. The van der Waals surface area contributed by atoms with Gasteiger partial charge in [0.2, 0.25) is 6.10 Å². The normalized spacial score (nSPS) is 14.8. The summed E-state index contributed by atoms with van der Waals surface area (Å²) in [4.78, 5) is 35.4. The molecule has 0 saturated carbocycles. The molecule has 27 heavy (non-hydrogen) atoms. The van der Waals surface area contributed by atoms with Crippen molar-refractivity contribution in [2.24, 2.45) is 0 Å².